The van der Waals surface area contributed by atoms with Crippen LogP contribution in [-0.4, -0.2) is 74.1 Å². The molecule has 8 heteroatoms. The number of nitrogens with one attached hydrogen (secondary N) is 1. The minimum Gasteiger partial charge on any atom is -0.497 e. The highest BCUT2D eigenvalue weighted by Crippen LogP contribution is 2.34. The lowest BCUT2D eigenvalue weighted by Crippen LogP contribution is -2.52. The highest BCUT2D eigenvalue weighted by molar-refractivity contribution is 9.10. The van der Waals surface area contributed by atoms with E-state index in [9.17, 15) is 9.59 Å². The molecule has 1 N–H and O–H groups in total. The van der Waals surface area contributed by atoms with Gasteiger partial charge in [-0.25, -0.2) is 0 Å². The van der Waals surface area contributed by atoms with Gasteiger partial charge in [0, 0.05) is 31.7 Å². The molecule has 0 unspecified atom stereocenters. The molecule has 1 saturated heterocycles. The fraction of sp³-hybridized carbons (Fsp3) is 0.579. The standard InChI is InChI=1S/C19H28BrN3O4/c1-19(2,3)21-16(24)12-22-6-8-23(9-7-22)18(25)14-10-13(26-4)11-15(20)17(14)27-5/h10-11H,6-9,12H2,1-5H3,(H,21,24). The van der Waals surface area contributed by atoms with Crippen LogP contribution < -0.4 is 14.8 Å². The first-order valence-corrected chi connectivity index (χ1v) is 9.68. The summed E-state index contributed by atoms with van der Waals surface area (Å²) in [7, 11) is 3.10. The Hall–Kier alpha value is -1.80. The van der Waals surface area contributed by atoms with Gasteiger partial charge < -0.3 is 19.7 Å². The lowest BCUT2D eigenvalue weighted by molar-refractivity contribution is -0.124. The van der Waals surface area contributed by atoms with Gasteiger partial charge >= 0.3 is 0 Å². The largest absolute Gasteiger partial charge is 0.497 e. The smallest absolute Gasteiger partial charge is 0.257 e. The third kappa shape index (κ3) is 5.84. The molecule has 0 aromatic heterocycles. The molecular formula is C19H28BrN3O4. The fourth-order valence-electron chi connectivity index (χ4n) is 2.99. The topological polar surface area (TPSA) is 71.1 Å². The quantitative estimate of drug-likeness (QED) is 0.757. The Morgan fingerprint density at radius 3 is 2.26 bits per heavy atom. The Morgan fingerprint density at radius 2 is 1.74 bits per heavy atom. The predicted molar refractivity (Wildman–Crippen MR) is 107 cm³/mol. The summed E-state index contributed by atoms with van der Waals surface area (Å²) < 4.78 is 11.3. The zero-order valence-corrected chi connectivity index (χ0v) is 18.2. The van der Waals surface area contributed by atoms with Gasteiger partial charge in [0.2, 0.25) is 5.91 Å². The van der Waals surface area contributed by atoms with Gasteiger partial charge in [-0.2, -0.15) is 0 Å². The first kappa shape index (κ1) is 21.5. The molecular weight excluding hydrogens is 414 g/mol. The second-order valence-corrected chi connectivity index (χ2v) is 8.41. The van der Waals surface area contributed by atoms with Crippen molar-refractivity contribution in [3.8, 4) is 11.5 Å². The first-order chi connectivity index (χ1) is 12.6. The molecule has 0 atom stereocenters. The Bertz CT molecular complexity index is 695. The average molecular weight is 442 g/mol. The monoisotopic (exact) mass is 441 g/mol. The fourth-order valence-corrected chi connectivity index (χ4v) is 3.59. The molecule has 1 aromatic rings. The van der Waals surface area contributed by atoms with Crippen molar-refractivity contribution in [3.05, 3.63) is 22.2 Å². The van der Waals surface area contributed by atoms with Gasteiger partial charge in [0.1, 0.15) is 11.5 Å². The summed E-state index contributed by atoms with van der Waals surface area (Å²) in [6.45, 7) is 8.63. The molecule has 2 amide bonds. The van der Waals surface area contributed by atoms with Gasteiger partial charge in [-0.3, -0.25) is 14.5 Å². The van der Waals surface area contributed by atoms with E-state index in [1.165, 1.54) is 7.11 Å². The minimum absolute atomic E-state index is 0.000622. The van der Waals surface area contributed by atoms with Crippen molar-refractivity contribution in [2.45, 2.75) is 26.3 Å². The predicted octanol–water partition coefficient (Wildman–Crippen LogP) is 2.14. The van der Waals surface area contributed by atoms with Gasteiger partial charge in [0.05, 0.1) is 30.8 Å². The van der Waals surface area contributed by atoms with Crippen LogP contribution in [0.5, 0.6) is 11.5 Å². The second kappa shape index (κ2) is 8.93. The number of amides is 2. The SMILES string of the molecule is COc1cc(Br)c(OC)c(C(=O)N2CCN(CC(=O)NC(C)(C)C)CC2)c1. The van der Waals surface area contributed by atoms with E-state index in [4.69, 9.17) is 9.47 Å². The number of methoxy groups -OCH3 is 2. The molecule has 1 heterocycles. The minimum atomic E-state index is -0.245. The van der Waals surface area contributed by atoms with E-state index in [0.29, 0.717) is 54.3 Å². The zero-order chi connectivity index (χ0) is 20.2. The summed E-state index contributed by atoms with van der Waals surface area (Å²) in [5, 5.41) is 2.96. The zero-order valence-electron chi connectivity index (χ0n) is 16.6. The van der Waals surface area contributed by atoms with Crippen molar-refractivity contribution in [1.82, 2.24) is 15.1 Å². The third-order valence-electron chi connectivity index (χ3n) is 4.23. The first-order valence-electron chi connectivity index (χ1n) is 8.88. The van der Waals surface area contributed by atoms with Crippen LogP contribution >= 0.6 is 15.9 Å². The van der Waals surface area contributed by atoms with E-state index in [1.807, 2.05) is 20.8 Å². The Labute approximate surface area is 169 Å². The number of hydrogen-bond donors (Lipinski definition) is 1. The molecule has 7 nitrogen and oxygen atoms in total. The number of ether oxygens (including phenoxy) is 2. The number of rotatable bonds is 5. The van der Waals surface area contributed by atoms with Crippen molar-refractivity contribution in [2.75, 3.05) is 46.9 Å². The number of carbonyl (C=O) groups excluding carboxylic acids is 2. The molecule has 1 aliphatic rings. The maximum absolute atomic E-state index is 13.0. The average Bonchev–Trinajstić information content (AvgIpc) is 2.59. The summed E-state index contributed by atoms with van der Waals surface area (Å²) in [6.07, 6.45) is 0. The number of halogens is 1. The van der Waals surface area contributed by atoms with Crippen molar-refractivity contribution in [3.63, 3.8) is 0 Å². The van der Waals surface area contributed by atoms with Gasteiger partial charge in [-0.15, -0.1) is 0 Å². The lowest BCUT2D eigenvalue weighted by atomic mass is 10.1. The van der Waals surface area contributed by atoms with Crippen LogP contribution in [0.25, 0.3) is 0 Å². The van der Waals surface area contributed by atoms with E-state index >= 15 is 0 Å². The molecule has 1 fully saturated rings. The summed E-state index contributed by atoms with van der Waals surface area (Å²) in [4.78, 5) is 28.9. The van der Waals surface area contributed by atoms with Crippen molar-refractivity contribution in [1.29, 1.82) is 0 Å². The van der Waals surface area contributed by atoms with Gasteiger partial charge in [0.25, 0.3) is 5.91 Å². The Morgan fingerprint density at radius 1 is 1.11 bits per heavy atom. The molecule has 150 valence electrons. The van der Waals surface area contributed by atoms with Crippen LogP contribution in [-0.2, 0) is 4.79 Å². The Kier molecular flexibility index (Phi) is 7.11. The van der Waals surface area contributed by atoms with Gasteiger partial charge in [-0.1, -0.05) is 0 Å². The van der Waals surface area contributed by atoms with E-state index in [1.54, 1.807) is 24.1 Å². The summed E-state index contributed by atoms with van der Waals surface area (Å²) >= 11 is 3.42. The highest BCUT2D eigenvalue weighted by Gasteiger charge is 2.27. The van der Waals surface area contributed by atoms with Gasteiger partial charge in [0.15, 0.2) is 0 Å². The van der Waals surface area contributed by atoms with E-state index in [0.717, 1.165) is 0 Å². The summed E-state index contributed by atoms with van der Waals surface area (Å²) in [6, 6.07) is 3.45. The molecule has 0 radical (unpaired) electrons. The van der Waals surface area contributed by atoms with E-state index in [2.05, 4.69) is 26.1 Å². The van der Waals surface area contributed by atoms with Crippen LogP contribution in [0.2, 0.25) is 0 Å². The second-order valence-electron chi connectivity index (χ2n) is 7.56. The molecule has 0 aliphatic carbocycles. The maximum Gasteiger partial charge on any atom is 0.257 e. The van der Waals surface area contributed by atoms with Crippen LogP contribution in [0, 0.1) is 0 Å². The molecule has 2 rings (SSSR count). The Balaban J connectivity index is 2.01. The van der Waals surface area contributed by atoms with Crippen LogP contribution in [0.1, 0.15) is 31.1 Å². The van der Waals surface area contributed by atoms with Crippen molar-refractivity contribution >= 4 is 27.7 Å². The number of piperazine rings is 1. The third-order valence-corrected chi connectivity index (χ3v) is 4.82. The highest BCUT2D eigenvalue weighted by atomic mass is 79.9. The van der Waals surface area contributed by atoms with Crippen LogP contribution in [0.15, 0.2) is 16.6 Å². The van der Waals surface area contributed by atoms with E-state index in [-0.39, 0.29) is 17.4 Å². The van der Waals surface area contributed by atoms with Gasteiger partial charge in [-0.05, 0) is 48.8 Å². The normalized spacial score (nSPS) is 15.4. The molecule has 0 spiro atoms. The molecule has 1 aliphatic heterocycles. The van der Waals surface area contributed by atoms with Crippen LogP contribution in [0.3, 0.4) is 0 Å². The lowest BCUT2D eigenvalue weighted by Gasteiger charge is -2.35. The number of hydrogen-bond acceptors (Lipinski definition) is 5. The molecule has 1 aromatic carbocycles. The number of benzene rings is 1. The molecule has 0 saturated carbocycles. The van der Waals surface area contributed by atoms with E-state index < -0.39 is 0 Å². The summed E-state index contributed by atoms with van der Waals surface area (Å²) in [5.41, 5.74) is 0.216. The maximum atomic E-state index is 13.0. The van der Waals surface area contributed by atoms with Crippen molar-refractivity contribution in [2.24, 2.45) is 0 Å². The molecule has 27 heavy (non-hydrogen) atoms. The summed E-state index contributed by atoms with van der Waals surface area (Å²) in [5.74, 6) is 0.974. The van der Waals surface area contributed by atoms with Crippen molar-refractivity contribution < 1.29 is 19.1 Å². The molecule has 0 bridgehead atoms. The number of carbonyl (C=O) groups is 2. The van der Waals surface area contributed by atoms with Crippen LogP contribution in [0.4, 0.5) is 0 Å². The number of nitrogens with zero attached hydrogens (tertiary/aromatic N) is 2.